The number of rotatable bonds is 27. The number of fused-ring (bicyclic) bond motifs is 1. The Labute approximate surface area is 348 Å². The van der Waals surface area contributed by atoms with Gasteiger partial charge in [0.15, 0.2) is 22.8 Å². The number of unbranched alkanes of at least 4 members (excludes halogenated alkanes) is 4. The molecule has 29 heteroatoms. The van der Waals surface area contributed by atoms with Crippen LogP contribution in [0.2, 0.25) is 0 Å². The Hall–Kier alpha value is -2.48. The van der Waals surface area contributed by atoms with Crippen molar-refractivity contribution in [2.75, 3.05) is 37.8 Å². The minimum absolute atomic E-state index is 0.0221. The van der Waals surface area contributed by atoms with Gasteiger partial charge in [0.25, 0.3) is 0 Å². The first kappa shape index (κ1) is 51.9. The van der Waals surface area contributed by atoms with Crippen molar-refractivity contribution in [1.29, 1.82) is 0 Å². The van der Waals surface area contributed by atoms with E-state index in [4.69, 9.17) is 19.5 Å². The van der Waals surface area contributed by atoms with Gasteiger partial charge in [-0.15, -0.1) is 0 Å². The van der Waals surface area contributed by atoms with Crippen LogP contribution in [-0.4, -0.2) is 134 Å². The number of nitrogens with zero attached hydrogens (tertiary/aromatic N) is 4. The van der Waals surface area contributed by atoms with E-state index in [9.17, 15) is 63.0 Å². The monoisotopic (exact) mass is 937 g/mol. The maximum absolute atomic E-state index is 12.7. The molecule has 1 aliphatic heterocycles. The van der Waals surface area contributed by atoms with Crippen molar-refractivity contribution < 1.29 is 85.6 Å². The molecule has 3 unspecified atom stereocenters. The number of ether oxygens (including phenoxy) is 1. The third kappa shape index (κ3) is 17.0. The molecule has 2 amide bonds. The van der Waals surface area contributed by atoms with Crippen LogP contribution in [0.1, 0.15) is 78.4 Å². The molecule has 0 spiro atoms. The van der Waals surface area contributed by atoms with Gasteiger partial charge in [0.2, 0.25) is 11.8 Å². The van der Waals surface area contributed by atoms with E-state index in [1.807, 2.05) is 0 Å². The van der Waals surface area contributed by atoms with E-state index < -0.39 is 90.7 Å². The SMILES string of the molecule is CCCCCCC[C@H](O)CC(=O)SCCNC(=O)CCNC(=O)[C@H](O)C(C)(C)COP(=O)(O)OP(=O)(O)OC[C@H]1O[C@@H](n2cnc3c(N)ncnc32)[C@@H](O)C1OP(=O)(O)O. The number of carbonyl (C=O) groups is 3. The average Bonchev–Trinajstić information content (AvgIpc) is 3.71. The van der Waals surface area contributed by atoms with Gasteiger partial charge in [0, 0.05) is 37.1 Å². The van der Waals surface area contributed by atoms with Gasteiger partial charge in [-0.3, -0.25) is 32.5 Å². The van der Waals surface area contributed by atoms with E-state index in [1.165, 1.54) is 13.8 Å². The van der Waals surface area contributed by atoms with E-state index in [-0.39, 0.29) is 53.8 Å². The summed E-state index contributed by atoms with van der Waals surface area (Å²) in [7, 11) is -16.4. The van der Waals surface area contributed by atoms with Crippen LogP contribution < -0.4 is 16.4 Å². The van der Waals surface area contributed by atoms with Crippen molar-refractivity contribution in [3.05, 3.63) is 12.7 Å². The van der Waals surface area contributed by atoms with Crippen molar-refractivity contribution in [2.24, 2.45) is 5.41 Å². The number of phosphoric ester groups is 3. The molecule has 8 atom stereocenters. The molecule has 0 aliphatic carbocycles. The van der Waals surface area contributed by atoms with E-state index >= 15 is 0 Å². The lowest BCUT2D eigenvalue weighted by atomic mass is 9.87. The normalized spacial score (nSPS) is 21.6. The van der Waals surface area contributed by atoms with Crippen LogP contribution in [0.15, 0.2) is 12.7 Å². The zero-order valence-corrected chi connectivity index (χ0v) is 36.5. The number of aromatic nitrogens is 4. The number of phosphoric acid groups is 3. The molecule has 1 saturated heterocycles. The highest BCUT2D eigenvalue weighted by Crippen LogP contribution is 2.61. The van der Waals surface area contributed by atoms with Gasteiger partial charge in [-0.1, -0.05) is 64.6 Å². The van der Waals surface area contributed by atoms with E-state index in [0.717, 1.165) is 61.1 Å². The Kier molecular flexibility index (Phi) is 20.1. The van der Waals surface area contributed by atoms with E-state index in [2.05, 4.69) is 41.3 Å². The summed E-state index contributed by atoms with van der Waals surface area (Å²) < 4.78 is 62.2. The minimum Gasteiger partial charge on any atom is -0.393 e. The first-order valence-corrected chi connectivity index (χ1v) is 24.2. The first-order valence-electron chi connectivity index (χ1n) is 18.7. The van der Waals surface area contributed by atoms with E-state index in [1.54, 1.807) is 0 Å². The smallest absolute Gasteiger partial charge is 0.393 e. The van der Waals surface area contributed by atoms with Crippen LogP contribution in [0, 0.1) is 5.41 Å². The predicted molar refractivity (Wildman–Crippen MR) is 211 cm³/mol. The quantitative estimate of drug-likeness (QED) is 0.0437. The molecule has 3 rings (SSSR count). The fourth-order valence-electron chi connectivity index (χ4n) is 5.63. The number of hydrogen-bond donors (Lipinski definition) is 10. The van der Waals surface area contributed by atoms with Crippen molar-refractivity contribution in [1.82, 2.24) is 30.2 Å². The maximum Gasteiger partial charge on any atom is 0.481 e. The van der Waals surface area contributed by atoms with Crippen molar-refractivity contribution >= 4 is 69.1 Å². The fourth-order valence-corrected chi connectivity index (χ4v) is 9.20. The summed E-state index contributed by atoms with van der Waals surface area (Å²) in [6.07, 6.45) is -1.92. The first-order chi connectivity index (χ1) is 27.9. The topological polar surface area (TPSA) is 384 Å². The predicted octanol–water partition coefficient (Wildman–Crippen LogP) is 0.776. The van der Waals surface area contributed by atoms with Crippen LogP contribution in [0.4, 0.5) is 5.82 Å². The van der Waals surface area contributed by atoms with Gasteiger partial charge in [-0.2, -0.15) is 4.31 Å². The van der Waals surface area contributed by atoms with Crippen molar-refractivity contribution in [3.8, 4) is 0 Å². The zero-order valence-electron chi connectivity index (χ0n) is 33.0. The van der Waals surface area contributed by atoms with Crippen molar-refractivity contribution in [2.45, 2.75) is 109 Å². The Morgan fingerprint density at radius 1 is 1.00 bits per heavy atom. The molecule has 11 N–H and O–H groups in total. The van der Waals surface area contributed by atoms with Crippen LogP contribution in [0.3, 0.4) is 0 Å². The summed E-state index contributed by atoms with van der Waals surface area (Å²) in [6, 6.07) is 0. The Morgan fingerprint density at radius 3 is 2.37 bits per heavy atom. The number of nitrogens with two attached hydrogens (primary N) is 1. The Balaban J connectivity index is 1.42. The number of hydrogen-bond acceptors (Lipinski definition) is 19. The molecule has 0 aromatic carbocycles. The molecule has 2 aromatic rings. The fraction of sp³-hybridized carbons (Fsp3) is 0.742. The molecular weight excluding hydrogens is 883 g/mol. The molecule has 342 valence electrons. The Bertz CT molecular complexity index is 1890. The highest BCUT2D eigenvalue weighted by molar-refractivity contribution is 8.13. The largest absolute Gasteiger partial charge is 0.481 e. The van der Waals surface area contributed by atoms with E-state index in [0.29, 0.717) is 6.42 Å². The summed E-state index contributed by atoms with van der Waals surface area (Å²) >= 11 is 0.986. The second-order valence-corrected chi connectivity index (χ2v) is 19.7. The number of aliphatic hydroxyl groups excluding tert-OH is 3. The number of aliphatic hydroxyl groups is 3. The molecule has 1 fully saturated rings. The number of carbonyl (C=O) groups excluding carboxylic acids is 3. The minimum atomic E-state index is -5.58. The molecule has 0 radical (unpaired) electrons. The summed E-state index contributed by atoms with van der Waals surface area (Å²) in [5.74, 6) is -1.23. The zero-order chi connectivity index (χ0) is 44.9. The van der Waals surface area contributed by atoms with Crippen LogP contribution in [-0.2, 0) is 50.7 Å². The Morgan fingerprint density at radius 2 is 1.68 bits per heavy atom. The second kappa shape index (κ2) is 23.3. The molecule has 1 aliphatic rings. The molecular formula is C31H54N7O18P3S. The molecule has 2 aromatic heterocycles. The summed E-state index contributed by atoms with van der Waals surface area (Å²) in [5.41, 5.74) is 4.25. The average molecular weight is 938 g/mol. The third-order valence-electron chi connectivity index (χ3n) is 8.81. The van der Waals surface area contributed by atoms with Gasteiger partial charge in [0.05, 0.1) is 25.6 Å². The number of nitrogen functional groups attached to an aromatic ring is 1. The van der Waals surface area contributed by atoms with Gasteiger partial charge >= 0.3 is 23.5 Å². The number of amides is 2. The van der Waals surface area contributed by atoms with Gasteiger partial charge in [-0.25, -0.2) is 28.6 Å². The number of thioether (sulfide) groups is 1. The number of imidazole rings is 1. The van der Waals surface area contributed by atoms with Crippen molar-refractivity contribution in [3.63, 3.8) is 0 Å². The molecule has 0 bridgehead atoms. The third-order valence-corrected chi connectivity index (χ3v) is 12.8. The summed E-state index contributed by atoms with van der Waals surface area (Å²) in [5, 5.41) is 36.3. The summed E-state index contributed by atoms with van der Waals surface area (Å²) in [6.45, 7) is 2.50. The standard InChI is InChI=1S/C31H54N7O18P3S/c1-4-5-6-7-8-9-19(39)14-22(41)60-13-12-33-21(40)10-11-34-29(44)26(43)31(2,3)16-53-59(50,51)56-58(48,49)52-15-20-25(55-57(45,46)47)24(42)30(54-20)38-18-37-23-27(32)35-17-36-28(23)38/h17-20,24-26,30,39,42-43H,4-16H2,1-3H3,(H,33,40)(H,34,44)(H,48,49)(H,50,51)(H2,32,35,36)(H2,45,46,47)/t19-,20+,24-,25?,26-,30+/m0/s1. The van der Waals surface area contributed by atoms with Gasteiger partial charge in [-0.05, 0) is 6.42 Å². The molecule has 3 heterocycles. The lowest BCUT2D eigenvalue weighted by Gasteiger charge is -2.30. The van der Waals surface area contributed by atoms with Gasteiger partial charge < -0.3 is 56.0 Å². The highest BCUT2D eigenvalue weighted by Gasteiger charge is 2.50. The van der Waals surface area contributed by atoms with Crippen LogP contribution >= 0.6 is 35.2 Å². The summed E-state index contributed by atoms with van der Waals surface area (Å²) in [4.78, 5) is 87.9. The number of anilines is 1. The second-order valence-electron chi connectivity index (χ2n) is 14.4. The molecule has 25 nitrogen and oxygen atoms in total. The number of nitrogens with one attached hydrogen (secondary N) is 2. The van der Waals surface area contributed by atoms with Gasteiger partial charge in [0.1, 0.15) is 36.3 Å². The highest BCUT2D eigenvalue weighted by atomic mass is 32.2. The van der Waals surface area contributed by atoms with Crippen LogP contribution in [0.25, 0.3) is 11.2 Å². The lowest BCUT2D eigenvalue weighted by molar-refractivity contribution is -0.137. The van der Waals surface area contributed by atoms with Crippen LogP contribution in [0.5, 0.6) is 0 Å². The molecule has 60 heavy (non-hydrogen) atoms. The maximum atomic E-state index is 12.7. The molecule has 0 saturated carbocycles. The lowest BCUT2D eigenvalue weighted by Crippen LogP contribution is -2.46.